The molecule has 0 bridgehead atoms. The molecule has 7 nitrogen and oxygen atoms in total. The van der Waals surface area contributed by atoms with E-state index < -0.39 is 21.7 Å². The molecule has 0 aliphatic rings. The third-order valence-corrected chi connectivity index (χ3v) is 3.61. The Morgan fingerprint density at radius 3 is 2.55 bits per heavy atom. The highest BCUT2D eigenvalue weighted by Gasteiger charge is 2.21. The van der Waals surface area contributed by atoms with Crippen molar-refractivity contribution in [2.24, 2.45) is 4.40 Å². The van der Waals surface area contributed by atoms with Gasteiger partial charge >= 0.3 is 16.1 Å². The summed E-state index contributed by atoms with van der Waals surface area (Å²) >= 11 is 0.966. The van der Waals surface area contributed by atoms with Crippen LogP contribution in [0, 0.1) is 0 Å². The highest BCUT2D eigenvalue weighted by molar-refractivity contribution is 8.13. The Bertz CT molecular complexity index is 585. The number of amides is 1. The highest BCUT2D eigenvalue weighted by atomic mass is 32.2. The van der Waals surface area contributed by atoms with E-state index >= 15 is 0 Å². The van der Waals surface area contributed by atoms with Gasteiger partial charge in [0.05, 0.1) is 6.26 Å². The quantitative estimate of drug-likeness (QED) is 0.662. The lowest BCUT2D eigenvalue weighted by molar-refractivity contribution is 0.0564. The molecule has 112 valence electrons. The third kappa shape index (κ3) is 5.25. The van der Waals surface area contributed by atoms with Crippen LogP contribution >= 0.6 is 11.8 Å². The summed E-state index contributed by atoms with van der Waals surface area (Å²) in [5.74, 6) is 0. The van der Waals surface area contributed by atoms with E-state index in [0.29, 0.717) is 0 Å². The molecule has 1 aromatic rings. The number of rotatable bonds is 2. The molecule has 1 rings (SSSR count). The first-order valence-electron chi connectivity index (χ1n) is 5.56. The highest BCUT2D eigenvalue weighted by Crippen LogP contribution is 2.14. The van der Waals surface area contributed by atoms with Gasteiger partial charge in [-0.15, -0.1) is 4.40 Å². The molecule has 0 saturated carbocycles. The zero-order valence-corrected chi connectivity index (χ0v) is 13.2. The third-order valence-electron chi connectivity index (χ3n) is 1.75. The molecule has 0 aromatic carbocycles. The maximum Gasteiger partial charge on any atom is 0.413 e. The molecule has 1 heterocycles. The smallest absolute Gasteiger partial charge is 0.413 e. The molecule has 1 amide bonds. The van der Waals surface area contributed by atoms with Crippen molar-refractivity contribution in [3.05, 3.63) is 18.4 Å². The van der Waals surface area contributed by atoms with Crippen LogP contribution in [0.3, 0.4) is 0 Å². The number of sulfonamides is 1. The molecule has 9 heteroatoms. The second kappa shape index (κ2) is 6.31. The van der Waals surface area contributed by atoms with Gasteiger partial charge in [0.25, 0.3) is 0 Å². The van der Waals surface area contributed by atoms with Gasteiger partial charge in [-0.1, -0.05) is 11.8 Å². The van der Waals surface area contributed by atoms with E-state index in [4.69, 9.17) is 9.15 Å². The fraction of sp³-hybridized carbons (Fsp3) is 0.455. The Morgan fingerprint density at radius 1 is 1.45 bits per heavy atom. The minimum absolute atomic E-state index is 0.101. The van der Waals surface area contributed by atoms with Gasteiger partial charge in [0.1, 0.15) is 5.60 Å². The zero-order valence-electron chi connectivity index (χ0n) is 11.5. The van der Waals surface area contributed by atoms with Gasteiger partial charge in [-0.05, 0) is 39.2 Å². The van der Waals surface area contributed by atoms with E-state index in [1.54, 1.807) is 27.0 Å². The number of carbonyl (C=O) groups excluding carboxylic acids is 1. The van der Waals surface area contributed by atoms with Gasteiger partial charge in [-0.3, -0.25) is 5.32 Å². The van der Waals surface area contributed by atoms with Crippen molar-refractivity contribution in [2.75, 3.05) is 6.26 Å². The lowest BCUT2D eigenvalue weighted by Crippen LogP contribution is -2.35. The van der Waals surface area contributed by atoms with E-state index in [2.05, 4.69) is 9.71 Å². The van der Waals surface area contributed by atoms with E-state index in [1.165, 1.54) is 18.4 Å². The minimum Gasteiger partial charge on any atom is -0.451 e. The van der Waals surface area contributed by atoms with Crippen LogP contribution < -0.4 is 5.32 Å². The molecule has 0 atom stereocenters. The Kier molecular flexibility index (Phi) is 5.23. The molecule has 0 fully saturated rings. The van der Waals surface area contributed by atoms with Crippen molar-refractivity contribution in [3.63, 3.8) is 0 Å². The molecule has 0 aliphatic heterocycles. The number of nitrogens with zero attached hydrogens (tertiary/aromatic N) is 1. The summed E-state index contributed by atoms with van der Waals surface area (Å²) in [4.78, 5) is 11.6. The van der Waals surface area contributed by atoms with E-state index in [1.807, 2.05) is 0 Å². The van der Waals surface area contributed by atoms with Crippen molar-refractivity contribution < 1.29 is 22.4 Å². The van der Waals surface area contributed by atoms with Gasteiger partial charge in [-0.2, -0.15) is 8.42 Å². The first-order chi connectivity index (χ1) is 9.14. The molecule has 0 radical (unpaired) electrons. The van der Waals surface area contributed by atoms with Gasteiger partial charge in [0.2, 0.25) is 5.09 Å². The summed E-state index contributed by atoms with van der Waals surface area (Å²) in [5, 5.41) is 1.87. The van der Waals surface area contributed by atoms with Gasteiger partial charge in [0.15, 0.2) is 5.17 Å². The normalized spacial score (nSPS) is 13.1. The van der Waals surface area contributed by atoms with Crippen molar-refractivity contribution in [1.82, 2.24) is 5.32 Å². The van der Waals surface area contributed by atoms with Crippen molar-refractivity contribution in [1.29, 1.82) is 0 Å². The van der Waals surface area contributed by atoms with Crippen molar-refractivity contribution in [3.8, 4) is 0 Å². The molecule has 1 aromatic heterocycles. The molecular weight excluding hydrogens is 304 g/mol. The maximum absolute atomic E-state index is 11.8. The number of alkyl carbamates (subject to hydrolysis) is 1. The fourth-order valence-corrected chi connectivity index (χ4v) is 2.63. The van der Waals surface area contributed by atoms with Crippen LogP contribution in [0.1, 0.15) is 20.8 Å². The summed E-state index contributed by atoms with van der Waals surface area (Å²) in [6.07, 6.45) is 2.02. The van der Waals surface area contributed by atoms with Crippen LogP contribution in [0.4, 0.5) is 4.79 Å². The first-order valence-corrected chi connectivity index (χ1v) is 8.23. The lowest BCUT2D eigenvalue weighted by Gasteiger charge is -2.19. The Balaban J connectivity index is 2.86. The fourth-order valence-electron chi connectivity index (χ4n) is 1.07. The van der Waals surface area contributed by atoms with Crippen molar-refractivity contribution >= 4 is 33.0 Å². The Hall–Kier alpha value is -1.48. The summed E-state index contributed by atoms with van der Waals surface area (Å²) in [6.45, 7) is 5.09. The Morgan fingerprint density at radius 2 is 2.10 bits per heavy atom. The predicted molar refractivity (Wildman–Crippen MR) is 76.2 cm³/mol. The number of thioether (sulfide) groups is 1. The molecule has 0 unspecified atom stereocenters. The molecule has 0 aliphatic carbocycles. The first kappa shape index (κ1) is 16.6. The average Bonchev–Trinajstić information content (AvgIpc) is 2.78. The summed E-state index contributed by atoms with van der Waals surface area (Å²) in [7, 11) is -3.99. The molecular formula is C11H16N2O5S2. The van der Waals surface area contributed by atoms with Crippen molar-refractivity contribution in [2.45, 2.75) is 31.5 Å². The summed E-state index contributed by atoms with van der Waals surface area (Å²) < 4.78 is 37.0. The van der Waals surface area contributed by atoms with Crippen LogP contribution in [0.15, 0.2) is 32.3 Å². The number of furan rings is 1. The SMILES string of the molecule is CS/C(=N\S(=O)(=O)c1ccco1)NC(=O)OC(C)(C)C. The molecule has 0 spiro atoms. The number of hydrogen-bond acceptors (Lipinski definition) is 6. The second-order valence-corrected chi connectivity index (χ2v) is 6.96. The van der Waals surface area contributed by atoms with Crippen LogP contribution in [0.2, 0.25) is 0 Å². The maximum atomic E-state index is 11.8. The second-order valence-electron chi connectivity index (χ2n) is 4.63. The Labute approximate surface area is 121 Å². The average molecular weight is 320 g/mol. The standard InChI is InChI=1S/C11H16N2O5S2/c1-11(2,3)18-10(14)12-9(19-4)13-20(15,16)8-6-5-7-17-8/h5-7H,1-4H3,(H,12,13,14). The topological polar surface area (TPSA) is 98.0 Å². The monoisotopic (exact) mass is 320 g/mol. The van der Waals surface area contributed by atoms with Crippen LogP contribution in [-0.2, 0) is 14.8 Å². The molecule has 20 heavy (non-hydrogen) atoms. The van der Waals surface area contributed by atoms with E-state index in [0.717, 1.165) is 11.8 Å². The largest absolute Gasteiger partial charge is 0.451 e. The zero-order chi connectivity index (χ0) is 15.4. The van der Waals surface area contributed by atoms with Crippen LogP contribution in [0.25, 0.3) is 0 Å². The summed E-state index contributed by atoms with van der Waals surface area (Å²) in [6, 6.07) is 2.70. The lowest BCUT2D eigenvalue weighted by atomic mass is 10.2. The minimum atomic E-state index is -3.99. The van der Waals surface area contributed by atoms with Gasteiger partial charge in [-0.25, -0.2) is 4.79 Å². The number of hydrogen-bond donors (Lipinski definition) is 1. The molecule has 0 saturated heterocycles. The number of ether oxygens (including phenoxy) is 1. The molecule has 1 N–H and O–H groups in total. The summed E-state index contributed by atoms with van der Waals surface area (Å²) in [5.41, 5.74) is -0.687. The van der Waals surface area contributed by atoms with Crippen LogP contribution in [0.5, 0.6) is 0 Å². The number of amidine groups is 1. The van der Waals surface area contributed by atoms with Gasteiger partial charge < -0.3 is 9.15 Å². The number of carbonyl (C=O) groups is 1. The van der Waals surface area contributed by atoms with Gasteiger partial charge in [0, 0.05) is 0 Å². The van der Waals surface area contributed by atoms with E-state index in [9.17, 15) is 13.2 Å². The van der Waals surface area contributed by atoms with E-state index in [-0.39, 0.29) is 10.3 Å². The number of nitrogens with one attached hydrogen (secondary N) is 1. The predicted octanol–water partition coefficient (Wildman–Crippen LogP) is 2.21. The van der Waals surface area contributed by atoms with Crippen LogP contribution in [-0.4, -0.2) is 31.5 Å².